The van der Waals surface area contributed by atoms with Crippen molar-refractivity contribution in [3.05, 3.63) is 100 Å². The van der Waals surface area contributed by atoms with Crippen LogP contribution in [0.25, 0.3) is 22.2 Å². The van der Waals surface area contributed by atoms with Gasteiger partial charge in [0.1, 0.15) is 6.04 Å². The Morgan fingerprint density at radius 1 is 0.912 bits per heavy atom. The molecule has 7 rings (SSSR count). The van der Waals surface area contributed by atoms with Crippen LogP contribution in [0.2, 0.25) is 0 Å². The fraction of sp³-hybridized carbons (Fsp3) is 0.372. The molecule has 0 spiro atoms. The van der Waals surface area contributed by atoms with Gasteiger partial charge in [0.05, 0.1) is 22.5 Å². The molecule has 14 nitrogen and oxygen atoms in total. The number of hydrogen-bond donors (Lipinski definition) is 3. The topological polar surface area (TPSA) is 177 Å². The summed E-state index contributed by atoms with van der Waals surface area (Å²) in [7, 11) is 0. The molecule has 0 bridgehead atoms. The van der Waals surface area contributed by atoms with Crippen molar-refractivity contribution >= 4 is 46.3 Å². The molecule has 14 heteroatoms. The summed E-state index contributed by atoms with van der Waals surface area (Å²) in [5, 5.41) is 18.3. The van der Waals surface area contributed by atoms with Gasteiger partial charge in [0.2, 0.25) is 17.8 Å². The Morgan fingerprint density at radius 3 is 2.56 bits per heavy atom. The van der Waals surface area contributed by atoms with Gasteiger partial charge in [-0.15, -0.1) is 5.10 Å². The molecule has 4 amide bonds. The molecule has 2 aliphatic heterocycles. The van der Waals surface area contributed by atoms with Gasteiger partial charge < -0.3 is 16.0 Å². The number of allylic oxidation sites excluding steroid dienone is 1. The van der Waals surface area contributed by atoms with E-state index in [4.69, 9.17) is 4.98 Å². The van der Waals surface area contributed by atoms with Gasteiger partial charge in [0, 0.05) is 54.2 Å². The van der Waals surface area contributed by atoms with Gasteiger partial charge in [0.25, 0.3) is 11.8 Å². The lowest BCUT2D eigenvalue weighted by atomic mass is 9.94. The van der Waals surface area contributed by atoms with Crippen molar-refractivity contribution in [2.45, 2.75) is 98.1 Å². The van der Waals surface area contributed by atoms with Crippen molar-refractivity contribution in [1.29, 1.82) is 0 Å². The average Bonchev–Trinajstić information content (AvgIpc) is 3.73. The molecule has 0 aliphatic carbocycles. The molecule has 5 heterocycles. The normalized spacial score (nSPS) is 15.3. The molecule has 2 aliphatic rings. The summed E-state index contributed by atoms with van der Waals surface area (Å²) in [6.45, 7) is 13.6. The Balaban J connectivity index is 0.806. The third kappa shape index (κ3) is 8.59. The number of nitrogens with one attached hydrogen (secondary N) is 3. The maximum atomic E-state index is 13.3. The molecule has 1 unspecified atom stereocenters. The van der Waals surface area contributed by atoms with Crippen LogP contribution in [0.5, 0.6) is 0 Å². The standard InChI is InChI=1S/C43H48N10O4/c1-25-20-27(3)33(21-26(25)2)34-22-30-23-45-43(49-39(30)47-29(34)5)44-18-9-8-12-31-24-52(51-50-31)19-10-6-7-15-37(54)48-35-14-11-13-32-38(35)42(57)53(41(32)56)36-17-16-28(4)46-40(36)55/h11,13-14,20-24,36H,4,6-10,12,15-19H2,1-3,5H3,(H,46,55)(H,48,54)(H,44,45,47,49). The maximum Gasteiger partial charge on any atom is 0.264 e. The zero-order valence-corrected chi connectivity index (χ0v) is 32.9. The zero-order chi connectivity index (χ0) is 40.2. The zero-order valence-electron chi connectivity index (χ0n) is 32.9. The highest BCUT2D eigenvalue weighted by atomic mass is 16.2. The third-order valence-corrected chi connectivity index (χ3v) is 10.8. The smallest absolute Gasteiger partial charge is 0.264 e. The van der Waals surface area contributed by atoms with Crippen molar-refractivity contribution in [1.82, 2.24) is 40.2 Å². The van der Waals surface area contributed by atoms with Gasteiger partial charge in [-0.25, -0.2) is 9.97 Å². The first-order valence-corrected chi connectivity index (χ1v) is 19.6. The fourth-order valence-corrected chi connectivity index (χ4v) is 7.50. The van der Waals surface area contributed by atoms with E-state index in [0.717, 1.165) is 65.9 Å². The second-order valence-electron chi connectivity index (χ2n) is 15.1. The Kier molecular flexibility index (Phi) is 11.5. The van der Waals surface area contributed by atoms with Crippen molar-refractivity contribution in [3.63, 3.8) is 0 Å². The number of nitrogens with zero attached hydrogens (tertiary/aromatic N) is 7. The molecule has 0 saturated carbocycles. The number of aryl methyl sites for hydroxylation is 6. The molecule has 1 saturated heterocycles. The lowest BCUT2D eigenvalue weighted by Crippen LogP contribution is -2.51. The molecular weight excluding hydrogens is 721 g/mol. The monoisotopic (exact) mass is 768 g/mol. The molecule has 3 aromatic heterocycles. The predicted molar refractivity (Wildman–Crippen MR) is 218 cm³/mol. The van der Waals surface area contributed by atoms with Gasteiger partial charge in [-0.1, -0.05) is 36.4 Å². The number of benzene rings is 2. The molecule has 1 atom stereocenters. The summed E-state index contributed by atoms with van der Waals surface area (Å²) in [6.07, 6.45) is 9.76. The minimum atomic E-state index is -0.913. The van der Waals surface area contributed by atoms with Gasteiger partial charge in [-0.05, 0) is 113 Å². The molecule has 57 heavy (non-hydrogen) atoms. The summed E-state index contributed by atoms with van der Waals surface area (Å²) < 4.78 is 1.84. The van der Waals surface area contributed by atoms with Crippen LogP contribution < -0.4 is 16.0 Å². The van der Waals surface area contributed by atoms with Crippen LogP contribution in [0.4, 0.5) is 11.6 Å². The second-order valence-corrected chi connectivity index (χ2v) is 15.1. The number of hydrogen-bond acceptors (Lipinski definition) is 10. The van der Waals surface area contributed by atoms with Crippen LogP contribution >= 0.6 is 0 Å². The van der Waals surface area contributed by atoms with E-state index in [9.17, 15) is 19.2 Å². The number of imide groups is 1. The first-order chi connectivity index (χ1) is 27.5. The molecule has 2 aromatic carbocycles. The number of piperidine rings is 1. The Bertz CT molecular complexity index is 2400. The number of aromatic nitrogens is 6. The van der Waals surface area contributed by atoms with E-state index in [-0.39, 0.29) is 29.1 Å². The van der Waals surface area contributed by atoms with Gasteiger partial charge in [-0.2, -0.15) is 4.98 Å². The van der Waals surface area contributed by atoms with Crippen molar-refractivity contribution < 1.29 is 19.2 Å². The summed E-state index contributed by atoms with van der Waals surface area (Å²) in [5.74, 6) is -1.23. The number of fused-ring (bicyclic) bond motifs is 2. The van der Waals surface area contributed by atoms with Gasteiger partial charge in [0.15, 0.2) is 5.65 Å². The Hall–Kier alpha value is -6.31. The first kappa shape index (κ1) is 38.9. The minimum Gasteiger partial charge on any atom is -0.354 e. The number of anilines is 2. The van der Waals surface area contributed by atoms with E-state index in [1.54, 1.807) is 18.2 Å². The van der Waals surface area contributed by atoms with Crippen molar-refractivity contribution in [2.75, 3.05) is 17.2 Å². The second kappa shape index (κ2) is 16.8. The first-order valence-electron chi connectivity index (χ1n) is 19.6. The SMILES string of the molecule is C=C1CCC(N2C(=O)c3cccc(NC(=O)CCCCCn4cc(CCCCNc5ncc6cc(-c7cc(C)c(C)cc7C)c(C)nc6n5)nn4)c3C2=O)C(=O)N1. The van der Waals surface area contributed by atoms with Crippen LogP contribution in [-0.4, -0.2) is 71.1 Å². The van der Waals surface area contributed by atoms with E-state index in [1.165, 1.54) is 22.3 Å². The molecular formula is C43H48N10O4. The lowest BCUT2D eigenvalue weighted by Gasteiger charge is -2.29. The van der Waals surface area contributed by atoms with E-state index < -0.39 is 23.8 Å². The van der Waals surface area contributed by atoms with Gasteiger partial charge >= 0.3 is 0 Å². The van der Waals surface area contributed by atoms with Crippen LogP contribution in [-0.2, 0) is 22.6 Å². The van der Waals surface area contributed by atoms with Crippen LogP contribution in [0.1, 0.15) is 100 Å². The maximum absolute atomic E-state index is 13.3. The van der Waals surface area contributed by atoms with Crippen LogP contribution in [0, 0.1) is 27.7 Å². The van der Waals surface area contributed by atoms with Crippen LogP contribution in [0.15, 0.2) is 61.1 Å². The van der Waals surface area contributed by atoms with E-state index in [1.807, 2.05) is 24.0 Å². The molecule has 3 N–H and O–H groups in total. The fourth-order valence-electron chi connectivity index (χ4n) is 7.50. The summed E-state index contributed by atoms with van der Waals surface area (Å²) in [5.41, 5.74) is 9.74. The summed E-state index contributed by atoms with van der Waals surface area (Å²) in [4.78, 5) is 66.9. The number of pyridine rings is 1. The number of amides is 4. The number of carbonyl (C=O) groups is 4. The van der Waals surface area contributed by atoms with Gasteiger partial charge in [-0.3, -0.25) is 28.8 Å². The van der Waals surface area contributed by atoms with Crippen molar-refractivity contribution in [2.24, 2.45) is 0 Å². The van der Waals surface area contributed by atoms with Crippen molar-refractivity contribution in [3.8, 4) is 11.1 Å². The Morgan fingerprint density at radius 2 is 1.74 bits per heavy atom. The third-order valence-electron chi connectivity index (χ3n) is 10.8. The predicted octanol–water partition coefficient (Wildman–Crippen LogP) is 6.54. The highest BCUT2D eigenvalue weighted by Crippen LogP contribution is 2.33. The highest BCUT2D eigenvalue weighted by Gasteiger charge is 2.45. The largest absolute Gasteiger partial charge is 0.354 e. The lowest BCUT2D eigenvalue weighted by molar-refractivity contribution is -0.125. The molecule has 5 aromatic rings. The van der Waals surface area contributed by atoms with E-state index >= 15 is 0 Å². The minimum absolute atomic E-state index is 0.121. The van der Waals surface area contributed by atoms with E-state index in [2.05, 4.69) is 81.8 Å². The number of unbranched alkanes of at least 4 members (excludes halogenated alkanes) is 3. The highest BCUT2D eigenvalue weighted by molar-refractivity contribution is 6.25. The Labute approximate surface area is 331 Å². The average molecular weight is 769 g/mol. The van der Waals surface area contributed by atoms with E-state index in [0.29, 0.717) is 43.1 Å². The summed E-state index contributed by atoms with van der Waals surface area (Å²) >= 11 is 0. The quantitative estimate of drug-likeness (QED) is 0.0783. The summed E-state index contributed by atoms with van der Waals surface area (Å²) in [6, 6.07) is 10.4. The number of carbonyl (C=O) groups excluding carboxylic acids is 4. The number of rotatable bonds is 15. The molecule has 294 valence electrons. The van der Waals surface area contributed by atoms with Crippen LogP contribution in [0.3, 0.4) is 0 Å². The molecule has 1 fully saturated rings. The molecule has 0 radical (unpaired) electrons.